The molecule has 0 aliphatic carbocycles. The van der Waals surface area contributed by atoms with Crippen LogP contribution in [0.3, 0.4) is 0 Å². The molecule has 0 aromatic carbocycles. The van der Waals surface area contributed by atoms with Gasteiger partial charge >= 0.3 is 0 Å². The zero-order valence-corrected chi connectivity index (χ0v) is 13.7. The second-order valence-electron chi connectivity index (χ2n) is 4.15. The molecular weight excluding hydrogens is 348 g/mol. The lowest BCUT2D eigenvalue weighted by molar-refractivity contribution is 0.583. The molecular formula is C12H13BrN2O2S2. The fraction of sp³-hybridized carbons (Fsp3) is 0.250. The highest BCUT2D eigenvalue weighted by Gasteiger charge is 2.17. The first-order valence-corrected chi connectivity index (χ1v) is 8.65. The van der Waals surface area contributed by atoms with Gasteiger partial charge in [-0.2, -0.15) is 0 Å². The summed E-state index contributed by atoms with van der Waals surface area (Å²) in [6, 6.07) is 5.38. The molecule has 2 aromatic rings. The quantitative estimate of drug-likeness (QED) is 0.911. The van der Waals surface area contributed by atoms with Gasteiger partial charge in [0.15, 0.2) is 0 Å². The number of nitrogens with one attached hydrogen (secondary N) is 1. The van der Waals surface area contributed by atoms with Crippen LogP contribution in [0.25, 0.3) is 0 Å². The molecule has 0 spiro atoms. The summed E-state index contributed by atoms with van der Waals surface area (Å²) < 4.78 is 27.9. The van der Waals surface area contributed by atoms with Crippen LogP contribution in [0.5, 0.6) is 0 Å². The lowest BCUT2D eigenvalue weighted by Gasteiger charge is -2.04. The highest BCUT2D eigenvalue weighted by Crippen LogP contribution is 2.30. The van der Waals surface area contributed by atoms with Crippen molar-refractivity contribution in [2.45, 2.75) is 24.6 Å². The van der Waals surface area contributed by atoms with E-state index in [-0.39, 0.29) is 6.54 Å². The topological polar surface area (TPSA) is 59.1 Å². The first-order chi connectivity index (χ1) is 8.88. The van der Waals surface area contributed by atoms with Crippen molar-refractivity contribution in [3.8, 4) is 0 Å². The van der Waals surface area contributed by atoms with Crippen molar-refractivity contribution < 1.29 is 8.42 Å². The van der Waals surface area contributed by atoms with E-state index in [0.29, 0.717) is 4.21 Å². The third-order valence-corrected chi connectivity index (χ3v) is 6.55. The number of aryl methyl sites for hydroxylation is 2. The fourth-order valence-corrected chi connectivity index (χ4v) is 4.70. The summed E-state index contributed by atoms with van der Waals surface area (Å²) in [5.41, 5.74) is 2.66. The SMILES string of the molecule is Cc1ccc(CNS(=O)(=O)c2cc(C)c(Br)s2)cn1. The summed E-state index contributed by atoms with van der Waals surface area (Å²) in [4.78, 5) is 4.13. The van der Waals surface area contributed by atoms with Gasteiger partial charge in [-0.05, 0) is 53.0 Å². The molecule has 1 N–H and O–H groups in total. The number of thiophene rings is 1. The molecule has 0 bridgehead atoms. The van der Waals surface area contributed by atoms with E-state index >= 15 is 0 Å². The lowest BCUT2D eigenvalue weighted by atomic mass is 10.2. The first-order valence-electron chi connectivity index (χ1n) is 5.55. The van der Waals surface area contributed by atoms with Gasteiger partial charge in [-0.3, -0.25) is 4.98 Å². The maximum atomic E-state index is 12.1. The number of pyridine rings is 1. The predicted octanol–water partition coefficient (Wildman–Crippen LogP) is 3.00. The zero-order chi connectivity index (χ0) is 14.0. The van der Waals surface area contributed by atoms with Gasteiger partial charge in [0.1, 0.15) is 4.21 Å². The van der Waals surface area contributed by atoms with E-state index in [4.69, 9.17) is 0 Å². The maximum absolute atomic E-state index is 12.1. The van der Waals surface area contributed by atoms with Gasteiger partial charge in [-0.15, -0.1) is 11.3 Å². The third-order valence-electron chi connectivity index (χ3n) is 2.54. The van der Waals surface area contributed by atoms with Crippen LogP contribution in [0.4, 0.5) is 0 Å². The van der Waals surface area contributed by atoms with Crippen LogP contribution in [0.2, 0.25) is 0 Å². The molecule has 2 heterocycles. The van der Waals surface area contributed by atoms with Gasteiger partial charge in [-0.1, -0.05) is 6.07 Å². The van der Waals surface area contributed by atoms with Gasteiger partial charge in [-0.25, -0.2) is 13.1 Å². The van der Waals surface area contributed by atoms with E-state index in [9.17, 15) is 8.42 Å². The van der Waals surface area contributed by atoms with Crippen molar-refractivity contribution >= 4 is 37.3 Å². The second kappa shape index (κ2) is 5.70. The molecule has 2 rings (SSSR count). The molecule has 19 heavy (non-hydrogen) atoms. The molecule has 102 valence electrons. The average Bonchev–Trinajstić information content (AvgIpc) is 2.70. The van der Waals surface area contributed by atoms with E-state index in [0.717, 1.165) is 20.6 Å². The van der Waals surface area contributed by atoms with E-state index in [1.807, 2.05) is 26.0 Å². The van der Waals surface area contributed by atoms with Crippen LogP contribution in [0.1, 0.15) is 16.8 Å². The Morgan fingerprint density at radius 2 is 2.11 bits per heavy atom. The van der Waals surface area contributed by atoms with E-state index in [1.165, 1.54) is 11.3 Å². The Bertz CT molecular complexity index is 659. The molecule has 7 heteroatoms. The second-order valence-corrected chi connectivity index (χ2v) is 8.52. The number of nitrogens with zero attached hydrogens (tertiary/aromatic N) is 1. The Kier molecular flexibility index (Phi) is 4.39. The number of halogens is 1. The minimum Gasteiger partial charge on any atom is -0.261 e. The van der Waals surface area contributed by atoms with Crippen molar-refractivity contribution in [1.29, 1.82) is 0 Å². The number of hydrogen-bond donors (Lipinski definition) is 1. The summed E-state index contributed by atoms with van der Waals surface area (Å²) in [6.45, 7) is 3.99. The number of rotatable bonds is 4. The first kappa shape index (κ1) is 14.6. The largest absolute Gasteiger partial charge is 0.261 e. The molecule has 0 saturated carbocycles. The van der Waals surface area contributed by atoms with Crippen LogP contribution < -0.4 is 4.72 Å². The van der Waals surface area contributed by atoms with E-state index in [1.54, 1.807) is 12.3 Å². The Balaban J connectivity index is 2.11. The molecule has 0 fully saturated rings. The van der Waals surface area contributed by atoms with Crippen molar-refractivity contribution in [3.05, 3.63) is 45.0 Å². The maximum Gasteiger partial charge on any atom is 0.250 e. The molecule has 0 atom stereocenters. The van der Waals surface area contributed by atoms with E-state index in [2.05, 4.69) is 25.6 Å². The van der Waals surface area contributed by atoms with Crippen molar-refractivity contribution in [3.63, 3.8) is 0 Å². The number of aromatic nitrogens is 1. The number of sulfonamides is 1. The van der Waals surface area contributed by atoms with Gasteiger partial charge in [0.2, 0.25) is 10.0 Å². The summed E-state index contributed by atoms with van der Waals surface area (Å²) in [5, 5.41) is 0. The summed E-state index contributed by atoms with van der Waals surface area (Å²) in [5.74, 6) is 0. The van der Waals surface area contributed by atoms with Crippen LogP contribution in [0, 0.1) is 13.8 Å². The van der Waals surface area contributed by atoms with Crippen molar-refractivity contribution in [2.75, 3.05) is 0 Å². The fourth-order valence-electron chi connectivity index (χ4n) is 1.42. The van der Waals surface area contributed by atoms with Crippen LogP contribution in [0.15, 0.2) is 32.4 Å². The molecule has 0 saturated heterocycles. The van der Waals surface area contributed by atoms with Crippen LogP contribution in [-0.4, -0.2) is 13.4 Å². The number of hydrogen-bond acceptors (Lipinski definition) is 4. The van der Waals surface area contributed by atoms with Gasteiger partial charge in [0.05, 0.1) is 3.79 Å². The predicted molar refractivity (Wildman–Crippen MR) is 79.8 cm³/mol. The lowest BCUT2D eigenvalue weighted by Crippen LogP contribution is -2.22. The molecule has 0 aliphatic heterocycles. The van der Waals surface area contributed by atoms with Crippen LogP contribution in [-0.2, 0) is 16.6 Å². The van der Waals surface area contributed by atoms with E-state index < -0.39 is 10.0 Å². The average molecular weight is 361 g/mol. The van der Waals surface area contributed by atoms with Gasteiger partial charge < -0.3 is 0 Å². The summed E-state index contributed by atoms with van der Waals surface area (Å²) in [6.07, 6.45) is 1.67. The Morgan fingerprint density at radius 3 is 2.63 bits per heavy atom. The highest BCUT2D eigenvalue weighted by molar-refractivity contribution is 9.11. The Labute approximate surface area is 125 Å². The minimum atomic E-state index is -3.46. The Hall–Kier alpha value is -0.760. The normalized spacial score (nSPS) is 11.7. The summed E-state index contributed by atoms with van der Waals surface area (Å²) in [7, 11) is -3.46. The smallest absolute Gasteiger partial charge is 0.250 e. The molecule has 0 unspecified atom stereocenters. The molecule has 4 nitrogen and oxygen atoms in total. The minimum absolute atomic E-state index is 0.240. The Morgan fingerprint density at radius 1 is 1.37 bits per heavy atom. The third kappa shape index (κ3) is 3.62. The van der Waals surface area contributed by atoms with Crippen molar-refractivity contribution in [2.24, 2.45) is 0 Å². The van der Waals surface area contributed by atoms with Gasteiger partial charge in [0.25, 0.3) is 0 Å². The molecule has 2 aromatic heterocycles. The standard InChI is InChI=1S/C12H13BrN2O2S2/c1-8-5-11(18-12(8)13)19(16,17)15-7-10-4-3-9(2)14-6-10/h3-6,15H,7H2,1-2H3. The molecule has 0 amide bonds. The zero-order valence-electron chi connectivity index (χ0n) is 10.5. The summed E-state index contributed by atoms with van der Waals surface area (Å²) >= 11 is 4.54. The molecule has 0 radical (unpaired) electrons. The van der Waals surface area contributed by atoms with Crippen LogP contribution >= 0.6 is 27.3 Å². The van der Waals surface area contributed by atoms with Gasteiger partial charge in [0, 0.05) is 18.4 Å². The van der Waals surface area contributed by atoms with Crippen molar-refractivity contribution in [1.82, 2.24) is 9.71 Å². The highest BCUT2D eigenvalue weighted by atomic mass is 79.9. The monoisotopic (exact) mass is 360 g/mol. The molecule has 0 aliphatic rings.